The molecule has 0 bridgehead atoms. The quantitative estimate of drug-likeness (QED) is 0.864. The first kappa shape index (κ1) is 18.7. The first-order chi connectivity index (χ1) is 13.6. The van der Waals surface area contributed by atoms with Gasteiger partial charge in [-0.25, -0.2) is 0 Å². The minimum atomic E-state index is 0.0225. The number of hydrogen-bond acceptors (Lipinski definition) is 3. The smallest absolute Gasteiger partial charge is 0.253 e. The molecular weight excluding hydrogens is 348 g/mol. The Labute approximate surface area is 166 Å². The van der Waals surface area contributed by atoms with Crippen LogP contribution < -0.4 is 10.6 Å². The van der Waals surface area contributed by atoms with E-state index in [1.165, 1.54) is 5.56 Å². The lowest BCUT2D eigenvalue weighted by Crippen LogP contribution is -2.48. The molecule has 0 aliphatic carbocycles. The average molecular weight is 377 g/mol. The lowest BCUT2D eigenvalue weighted by Gasteiger charge is -2.42. The summed E-state index contributed by atoms with van der Waals surface area (Å²) in [6.45, 7) is 2.53. The van der Waals surface area contributed by atoms with Gasteiger partial charge in [0.1, 0.15) is 5.84 Å². The first-order valence-electron chi connectivity index (χ1n) is 9.99. The normalized spacial score (nSPS) is 19.1. The van der Waals surface area contributed by atoms with Crippen molar-refractivity contribution in [2.24, 2.45) is 10.4 Å². The number of hydrogen-bond donors (Lipinski definition) is 2. The summed E-state index contributed by atoms with van der Waals surface area (Å²) < 4.78 is 0. The number of anilines is 1. The zero-order valence-corrected chi connectivity index (χ0v) is 16.7. The SMILES string of the molecule is CN(C)C(=O)c1ccccc1CN=C1Nc2ccccc2CC12CCNCC2. The van der Waals surface area contributed by atoms with Crippen molar-refractivity contribution >= 4 is 17.4 Å². The van der Waals surface area contributed by atoms with E-state index < -0.39 is 0 Å². The largest absolute Gasteiger partial charge is 0.345 e. The van der Waals surface area contributed by atoms with Crippen molar-refractivity contribution in [3.63, 3.8) is 0 Å². The molecule has 2 heterocycles. The van der Waals surface area contributed by atoms with Crippen LogP contribution in [0.15, 0.2) is 53.5 Å². The molecule has 5 heteroatoms. The van der Waals surface area contributed by atoms with Crippen LogP contribution in [0.5, 0.6) is 0 Å². The molecule has 2 aromatic carbocycles. The van der Waals surface area contributed by atoms with Gasteiger partial charge in [0.2, 0.25) is 0 Å². The van der Waals surface area contributed by atoms with Crippen molar-refractivity contribution < 1.29 is 4.79 Å². The highest BCUT2D eigenvalue weighted by molar-refractivity contribution is 6.03. The summed E-state index contributed by atoms with van der Waals surface area (Å²) in [6, 6.07) is 16.3. The Morgan fingerprint density at radius 1 is 1.07 bits per heavy atom. The number of carbonyl (C=O) groups excluding carboxylic acids is 1. The molecule has 0 saturated carbocycles. The van der Waals surface area contributed by atoms with Crippen LogP contribution in [0.4, 0.5) is 5.69 Å². The Bertz CT molecular complexity index is 897. The van der Waals surface area contributed by atoms with E-state index in [4.69, 9.17) is 4.99 Å². The summed E-state index contributed by atoms with van der Waals surface area (Å²) in [7, 11) is 3.57. The Balaban J connectivity index is 1.67. The number of carbonyl (C=O) groups is 1. The molecule has 1 fully saturated rings. The molecule has 1 spiro atoms. The lowest BCUT2D eigenvalue weighted by atomic mass is 9.71. The van der Waals surface area contributed by atoms with E-state index in [2.05, 4.69) is 34.9 Å². The van der Waals surface area contributed by atoms with E-state index in [0.29, 0.717) is 6.54 Å². The van der Waals surface area contributed by atoms with E-state index in [0.717, 1.165) is 55.0 Å². The molecule has 2 aliphatic heterocycles. The van der Waals surface area contributed by atoms with Gasteiger partial charge in [0.15, 0.2) is 0 Å². The number of nitrogens with one attached hydrogen (secondary N) is 2. The molecule has 0 unspecified atom stereocenters. The number of amides is 1. The van der Waals surface area contributed by atoms with E-state index in [1.807, 2.05) is 24.3 Å². The Morgan fingerprint density at radius 2 is 1.79 bits per heavy atom. The van der Waals surface area contributed by atoms with Crippen molar-refractivity contribution in [1.29, 1.82) is 0 Å². The number of fused-ring (bicyclic) bond motifs is 1. The topological polar surface area (TPSA) is 56.7 Å². The number of aliphatic imine (C=N–C) groups is 1. The second-order valence-electron chi connectivity index (χ2n) is 8.01. The Hall–Kier alpha value is -2.66. The third kappa shape index (κ3) is 3.54. The molecule has 0 aromatic heterocycles. The molecule has 146 valence electrons. The van der Waals surface area contributed by atoms with Crippen LogP contribution in [0.2, 0.25) is 0 Å². The third-order valence-corrected chi connectivity index (χ3v) is 5.92. The maximum Gasteiger partial charge on any atom is 0.253 e. The predicted molar refractivity (Wildman–Crippen MR) is 114 cm³/mol. The lowest BCUT2D eigenvalue weighted by molar-refractivity contribution is 0.0826. The van der Waals surface area contributed by atoms with Crippen molar-refractivity contribution in [2.75, 3.05) is 32.5 Å². The van der Waals surface area contributed by atoms with Crippen molar-refractivity contribution in [3.8, 4) is 0 Å². The number of para-hydroxylation sites is 1. The minimum Gasteiger partial charge on any atom is -0.345 e. The molecule has 2 aromatic rings. The highest BCUT2D eigenvalue weighted by atomic mass is 16.2. The maximum absolute atomic E-state index is 12.5. The fraction of sp³-hybridized carbons (Fsp3) is 0.391. The van der Waals surface area contributed by atoms with Crippen molar-refractivity contribution in [2.45, 2.75) is 25.8 Å². The number of benzene rings is 2. The minimum absolute atomic E-state index is 0.0225. The van der Waals surface area contributed by atoms with Gasteiger partial charge in [0.05, 0.1) is 6.54 Å². The summed E-state index contributed by atoms with van der Waals surface area (Å²) in [4.78, 5) is 19.2. The van der Waals surface area contributed by atoms with Gasteiger partial charge < -0.3 is 15.5 Å². The van der Waals surface area contributed by atoms with Crippen LogP contribution in [0.3, 0.4) is 0 Å². The van der Waals surface area contributed by atoms with Crippen LogP contribution in [0, 0.1) is 5.41 Å². The highest BCUT2D eigenvalue weighted by Gasteiger charge is 2.41. The van der Waals surface area contributed by atoms with Gasteiger partial charge in [0, 0.05) is 30.8 Å². The van der Waals surface area contributed by atoms with Crippen LogP contribution in [0.25, 0.3) is 0 Å². The first-order valence-corrected chi connectivity index (χ1v) is 9.99. The number of amidine groups is 1. The molecular formula is C23H28N4O. The standard InChI is InChI=1S/C23H28N4O/c1-27(2)21(28)19-9-5-3-8-18(19)16-25-22-23(11-13-24-14-12-23)15-17-7-4-6-10-20(17)26-22/h3-10,24H,11-16H2,1-2H3,(H,25,26). The van der Waals surface area contributed by atoms with Gasteiger partial charge in [0.25, 0.3) is 5.91 Å². The number of rotatable bonds is 3. The van der Waals surface area contributed by atoms with Crippen LogP contribution in [-0.2, 0) is 13.0 Å². The summed E-state index contributed by atoms with van der Waals surface area (Å²) in [5.41, 5.74) is 4.28. The average Bonchev–Trinajstić information content (AvgIpc) is 2.72. The summed E-state index contributed by atoms with van der Waals surface area (Å²) in [6.07, 6.45) is 3.17. The van der Waals surface area contributed by atoms with Gasteiger partial charge in [-0.05, 0) is 55.6 Å². The van der Waals surface area contributed by atoms with Gasteiger partial charge in [-0.2, -0.15) is 0 Å². The maximum atomic E-state index is 12.5. The van der Waals surface area contributed by atoms with Crippen molar-refractivity contribution in [3.05, 3.63) is 65.2 Å². The van der Waals surface area contributed by atoms with E-state index >= 15 is 0 Å². The molecule has 5 nitrogen and oxygen atoms in total. The predicted octanol–water partition coefficient (Wildman–Crippen LogP) is 3.32. The molecule has 1 saturated heterocycles. The van der Waals surface area contributed by atoms with Gasteiger partial charge in [-0.1, -0.05) is 36.4 Å². The van der Waals surface area contributed by atoms with Gasteiger partial charge in [-0.3, -0.25) is 9.79 Å². The van der Waals surface area contributed by atoms with Gasteiger partial charge in [-0.15, -0.1) is 0 Å². The van der Waals surface area contributed by atoms with E-state index in [-0.39, 0.29) is 11.3 Å². The summed E-state index contributed by atoms with van der Waals surface area (Å²) >= 11 is 0. The Kier molecular flexibility index (Phi) is 5.18. The van der Waals surface area contributed by atoms with Crippen molar-refractivity contribution in [1.82, 2.24) is 10.2 Å². The number of nitrogens with zero attached hydrogens (tertiary/aromatic N) is 2. The second kappa shape index (κ2) is 7.76. The van der Waals surface area contributed by atoms with E-state index in [9.17, 15) is 4.79 Å². The second-order valence-corrected chi connectivity index (χ2v) is 8.01. The molecule has 28 heavy (non-hydrogen) atoms. The summed E-state index contributed by atoms with van der Waals surface area (Å²) in [5, 5.41) is 7.10. The number of piperidine rings is 1. The monoisotopic (exact) mass is 376 g/mol. The molecule has 0 atom stereocenters. The van der Waals surface area contributed by atoms with Crippen LogP contribution >= 0.6 is 0 Å². The van der Waals surface area contributed by atoms with Crippen LogP contribution in [0.1, 0.15) is 34.3 Å². The fourth-order valence-electron chi connectivity index (χ4n) is 4.30. The zero-order valence-electron chi connectivity index (χ0n) is 16.7. The molecule has 2 N–H and O–H groups in total. The molecule has 2 aliphatic rings. The van der Waals surface area contributed by atoms with Crippen LogP contribution in [-0.4, -0.2) is 43.8 Å². The summed E-state index contributed by atoms with van der Waals surface area (Å²) in [5.74, 6) is 1.09. The molecule has 1 amide bonds. The third-order valence-electron chi connectivity index (χ3n) is 5.92. The fourth-order valence-corrected chi connectivity index (χ4v) is 4.30. The molecule has 4 rings (SSSR count). The van der Waals surface area contributed by atoms with E-state index in [1.54, 1.807) is 19.0 Å². The zero-order chi connectivity index (χ0) is 19.6. The molecule has 0 radical (unpaired) electrons. The highest BCUT2D eigenvalue weighted by Crippen LogP contribution is 2.40. The van der Waals surface area contributed by atoms with Gasteiger partial charge >= 0.3 is 0 Å². The Morgan fingerprint density at radius 3 is 2.57 bits per heavy atom.